The Morgan fingerprint density at radius 1 is 1.19 bits per heavy atom. The molecule has 0 aliphatic heterocycles. The minimum absolute atomic E-state index is 0.0990. The fraction of sp³-hybridized carbons (Fsp3) is 0.200. The Hall–Kier alpha value is -2.79. The zero-order valence-corrected chi connectivity index (χ0v) is 15.3. The van der Waals surface area contributed by atoms with Crippen molar-refractivity contribution in [2.45, 2.75) is 26.3 Å². The van der Waals surface area contributed by atoms with E-state index in [1.807, 2.05) is 47.1 Å². The van der Waals surface area contributed by atoms with Crippen LogP contribution in [-0.4, -0.2) is 14.4 Å². The Bertz CT molecular complexity index is 1160. The maximum absolute atomic E-state index is 12.3. The molecule has 3 heterocycles. The molecule has 0 unspecified atom stereocenters. The van der Waals surface area contributed by atoms with E-state index in [-0.39, 0.29) is 5.56 Å². The molecule has 3 aromatic heterocycles. The number of hydrogen-bond donors (Lipinski definition) is 2. The molecule has 0 atom stereocenters. The zero-order chi connectivity index (χ0) is 18.3. The van der Waals surface area contributed by atoms with Gasteiger partial charge in [0.25, 0.3) is 5.56 Å². The molecule has 26 heavy (non-hydrogen) atoms. The fourth-order valence-electron chi connectivity index (χ4n) is 2.95. The molecule has 0 spiro atoms. The summed E-state index contributed by atoms with van der Waals surface area (Å²) in [6, 6.07) is 11.2. The van der Waals surface area contributed by atoms with Crippen LogP contribution in [0.2, 0.25) is 5.02 Å². The van der Waals surface area contributed by atoms with Crippen molar-refractivity contribution in [1.82, 2.24) is 14.4 Å². The Morgan fingerprint density at radius 2 is 2.04 bits per heavy atom. The van der Waals surface area contributed by atoms with Crippen molar-refractivity contribution in [2.24, 2.45) is 0 Å². The highest BCUT2D eigenvalue weighted by Gasteiger charge is 2.07. The molecule has 0 amide bonds. The Morgan fingerprint density at radius 3 is 2.85 bits per heavy atom. The minimum atomic E-state index is -0.0990. The van der Waals surface area contributed by atoms with Gasteiger partial charge < -0.3 is 14.7 Å². The van der Waals surface area contributed by atoms with Gasteiger partial charge in [-0.1, -0.05) is 25.4 Å². The lowest BCUT2D eigenvalue weighted by Gasteiger charge is -2.08. The maximum Gasteiger partial charge on any atom is 0.253 e. The number of aromatic amines is 1. The van der Waals surface area contributed by atoms with E-state index in [1.165, 1.54) is 0 Å². The first-order valence-electron chi connectivity index (χ1n) is 8.53. The standard InChI is InChI=1S/C20H19ClN4O/c1-12(2)18-11-25-10-16(4-6-19(25)23-18)22-9-14-7-13-8-15(21)3-5-17(13)24-20(14)26/h3-8,10-12,22H,9H2,1-2H3,(H,24,26). The van der Waals surface area contributed by atoms with Crippen LogP contribution in [0.1, 0.15) is 31.0 Å². The summed E-state index contributed by atoms with van der Waals surface area (Å²) in [7, 11) is 0. The molecule has 0 aliphatic carbocycles. The van der Waals surface area contributed by atoms with Gasteiger partial charge in [-0.3, -0.25) is 4.79 Å². The lowest BCUT2D eigenvalue weighted by Crippen LogP contribution is -2.15. The van der Waals surface area contributed by atoms with Crippen molar-refractivity contribution >= 4 is 33.8 Å². The lowest BCUT2D eigenvalue weighted by atomic mass is 10.1. The molecule has 0 aliphatic rings. The topological polar surface area (TPSA) is 62.2 Å². The van der Waals surface area contributed by atoms with Gasteiger partial charge in [-0.15, -0.1) is 0 Å². The summed E-state index contributed by atoms with van der Waals surface area (Å²) < 4.78 is 2.00. The molecular weight excluding hydrogens is 348 g/mol. The van der Waals surface area contributed by atoms with E-state index in [1.54, 1.807) is 6.07 Å². The summed E-state index contributed by atoms with van der Waals surface area (Å²) >= 11 is 6.05. The van der Waals surface area contributed by atoms with Crippen LogP contribution in [0.5, 0.6) is 0 Å². The number of benzene rings is 1. The van der Waals surface area contributed by atoms with E-state index in [2.05, 4.69) is 29.1 Å². The van der Waals surface area contributed by atoms with Crippen LogP contribution >= 0.6 is 11.6 Å². The van der Waals surface area contributed by atoms with Crippen molar-refractivity contribution in [2.75, 3.05) is 5.32 Å². The van der Waals surface area contributed by atoms with Crippen molar-refractivity contribution < 1.29 is 0 Å². The SMILES string of the molecule is CC(C)c1cn2cc(NCc3cc4cc(Cl)ccc4[nH]c3=O)ccc2n1. The van der Waals surface area contributed by atoms with E-state index in [0.717, 1.165) is 27.9 Å². The quantitative estimate of drug-likeness (QED) is 0.556. The average molecular weight is 367 g/mol. The van der Waals surface area contributed by atoms with E-state index in [9.17, 15) is 4.79 Å². The number of nitrogens with zero attached hydrogens (tertiary/aromatic N) is 2. The molecular formula is C20H19ClN4O. The third-order valence-electron chi connectivity index (χ3n) is 4.43. The summed E-state index contributed by atoms with van der Waals surface area (Å²) in [6.45, 7) is 4.67. The first kappa shape index (κ1) is 16.7. The number of H-pyrrole nitrogens is 1. The number of imidazole rings is 1. The molecule has 0 saturated carbocycles. The van der Waals surface area contributed by atoms with Gasteiger partial charge in [-0.05, 0) is 42.3 Å². The lowest BCUT2D eigenvalue weighted by molar-refractivity contribution is 0.834. The van der Waals surface area contributed by atoms with Crippen LogP contribution in [0.4, 0.5) is 5.69 Å². The predicted octanol–water partition coefficient (Wildman–Crippen LogP) is 4.56. The summed E-state index contributed by atoms with van der Waals surface area (Å²) in [5, 5.41) is 4.88. The minimum Gasteiger partial charge on any atom is -0.380 e. The Balaban J connectivity index is 1.60. The molecule has 6 heteroatoms. The van der Waals surface area contributed by atoms with Crippen LogP contribution in [-0.2, 0) is 6.54 Å². The number of hydrogen-bond acceptors (Lipinski definition) is 3. The average Bonchev–Trinajstić information content (AvgIpc) is 3.04. The van der Waals surface area contributed by atoms with Crippen LogP contribution in [0, 0.1) is 0 Å². The highest BCUT2D eigenvalue weighted by atomic mass is 35.5. The summed E-state index contributed by atoms with van der Waals surface area (Å²) in [4.78, 5) is 19.8. The highest BCUT2D eigenvalue weighted by molar-refractivity contribution is 6.31. The normalized spacial score (nSPS) is 11.5. The molecule has 1 aromatic carbocycles. The van der Waals surface area contributed by atoms with Gasteiger partial charge in [-0.2, -0.15) is 0 Å². The van der Waals surface area contributed by atoms with Crippen LogP contribution < -0.4 is 10.9 Å². The summed E-state index contributed by atoms with van der Waals surface area (Å²) in [5.41, 5.74) is 4.24. The second-order valence-corrected chi connectivity index (χ2v) is 7.15. The van der Waals surface area contributed by atoms with Crippen molar-refractivity contribution in [1.29, 1.82) is 0 Å². The monoisotopic (exact) mass is 366 g/mol. The molecule has 132 valence electrons. The van der Waals surface area contributed by atoms with Gasteiger partial charge in [0.1, 0.15) is 5.65 Å². The fourth-order valence-corrected chi connectivity index (χ4v) is 3.13. The molecule has 0 saturated heterocycles. The maximum atomic E-state index is 12.3. The zero-order valence-electron chi connectivity index (χ0n) is 14.6. The summed E-state index contributed by atoms with van der Waals surface area (Å²) in [6.07, 6.45) is 4.02. The number of halogens is 1. The number of anilines is 1. The molecule has 0 fully saturated rings. The van der Waals surface area contributed by atoms with Crippen LogP contribution in [0.25, 0.3) is 16.6 Å². The second-order valence-electron chi connectivity index (χ2n) is 6.71. The van der Waals surface area contributed by atoms with E-state index >= 15 is 0 Å². The predicted molar refractivity (Wildman–Crippen MR) is 106 cm³/mol. The van der Waals surface area contributed by atoms with E-state index < -0.39 is 0 Å². The number of pyridine rings is 2. The molecule has 5 nitrogen and oxygen atoms in total. The van der Waals surface area contributed by atoms with Crippen molar-refractivity contribution in [3.05, 3.63) is 75.4 Å². The van der Waals surface area contributed by atoms with Gasteiger partial charge in [0.15, 0.2) is 0 Å². The van der Waals surface area contributed by atoms with Gasteiger partial charge in [0.2, 0.25) is 0 Å². The molecule has 0 radical (unpaired) electrons. The molecule has 0 bridgehead atoms. The van der Waals surface area contributed by atoms with Crippen molar-refractivity contribution in [3.63, 3.8) is 0 Å². The number of fused-ring (bicyclic) bond motifs is 2. The molecule has 4 rings (SSSR count). The number of rotatable bonds is 4. The Kier molecular flexibility index (Phi) is 4.17. The summed E-state index contributed by atoms with van der Waals surface area (Å²) in [5.74, 6) is 0.384. The third-order valence-corrected chi connectivity index (χ3v) is 4.66. The van der Waals surface area contributed by atoms with Gasteiger partial charge in [0.05, 0.1) is 11.4 Å². The second kappa shape index (κ2) is 6.50. The first-order valence-corrected chi connectivity index (χ1v) is 8.91. The van der Waals surface area contributed by atoms with Crippen LogP contribution in [0.3, 0.4) is 0 Å². The molecule has 4 aromatic rings. The smallest absolute Gasteiger partial charge is 0.253 e. The van der Waals surface area contributed by atoms with E-state index in [4.69, 9.17) is 11.6 Å². The first-order chi connectivity index (χ1) is 12.5. The largest absolute Gasteiger partial charge is 0.380 e. The highest BCUT2D eigenvalue weighted by Crippen LogP contribution is 2.19. The van der Waals surface area contributed by atoms with Crippen molar-refractivity contribution in [3.8, 4) is 0 Å². The number of nitrogens with one attached hydrogen (secondary N) is 2. The molecule has 2 N–H and O–H groups in total. The van der Waals surface area contributed by atoms with Crippen LogP contribution in [0.15, 0.2) is 53.6 Å². The van der Waals surface area contributed by atoms with Gasteiger partial charge in [0, 0.05) is 40.4 Å². The van der Waals surface area contributed by atoms with Gasteiger partial charge >= 0.3 is 0 Å². The van der Waals surface area contributed by atoms with E-state index in [0.29, 0.717) is 23.0 Å². The number of aromatic nitrogens is 3. The third kappa shape index (κ3) is 3.18. The van der Waals surface area contributed by atoms with Gasteiger partial charge in [-0.25, -0.2) is 4.98 Å². The Labute approximate surface area is 155 Å².